The van der Waals surface area contributed by atoms with Gasteiger partial charge in [0.15, 0.2) is 0 Å². The Morgan fingerprint density at radius 3 is 2.50 bits per heavy atom. The Morgan fingerprint density at radius 1 is 1.10 bits per heavy atom. The quantitative estimate of drug-likeness (QED) is 0.533. The highest BCUT2D eigenvalue weighted by molar-refractivity contribution is 7.99. The predicted molar refractivity (Wildman–Crippen MR) is 123 cm³/mol. The van der Waals surface area contributed by atoms with Gasteiger partial charge in [-0.1, -0.05) is 35.9 Å². The lowest BCUT2D eigenvalue weighted by atomic mass is 10.0. The molecule has 2 aromatic carbocycles. The molecule has 0 unspecified atom stereocenters. The Balaban J connectivity index is 1.44. The molecule has 1 aliphatic heterocycles. The van der Waals surface area contributed by atoms with E-state index in [4.69, 9.17) is 17.3 Å². The zero-order chi connectivity index (χ0) is 21.3. The van der Waals surface area contributed by atoms with Crippen LogP contribution in [0, 0.1) is 0 Å². The molecule has 2 aromatic rings. The highest BCUT2D eigenvalue weighted by Crippen LogP contribution is 2.27. The average Bonchev–Trinajstić information content (AvgIpc) is 2.72. The highest BCUT2D eigenvalue weighted by Gasteiger charge is 2.21. The third-order valence-corrected chi connectivity index (χ3v) is 6.31. The van der Waals surface area contributed by atoms with Crippen molar-refractivity contribution in [3.63, 3.8) is 0 Å². The monoisotopic (exact) mass is 446 g/mol. The number of nitrogens with two attached hydrogens (primary N) is 1. The first kappa shape index (κ1) is 22.5. The Kier molecular flexibility index (Phi) is 8.42. The van der Waals surface area contributed by atoms with Gasteiger partial charge < -0.3 is 16.4 Å². The Bertz CT molecular complexity index is 854. The van der Waals surface area contributed by atoms with Crippen molar-refractivity contribution in [3.8, 4) is 0 Å². The van der Waals surface area contributed by atoms with Gasteiger partial charge in [-0.25, -0.2) is 4.79 Å². The summed E-state index contributed by atoms with van der Waals surface area (Å²) < 4.78 is 0. The van der Waals surface area contributed by atoms with Crippen molar-refractivity contribution >= 4 is 41.0 Å². The molecule has 0 atom stereocenters. The first-order valence-electron chi connectivity index (χ1n) is 10.0. The molecule has 1 fully saturated rings. The fourth-order valence-electron chi connectivity index (χ4n) is 3.38. The second kappa shape index (κ2) is 11.2. The maximum absolute atomic E-state index is 12.5. The first-order chi connectivity index (χ1) is 14.5. The van der Waals surface area contributed by atoms with Crippen LogP contribution in [0.1, 0.15) is 24.8 Å². The number of anilines is 1. The Labute approximate surface area is 186 Å². The summed E-state index contributed by atoms with van der Waals surface area (Å²) in [5.41, 5.74) is 7.18. The van der Waals surface area contributed by atoms with Gasteiger partial charge in [-0.05, 0) is 42.7 Å². The summed E-state index contributed by atoms with van der Waals surface area (Å²) in [4.78, 5) is 26.7. The predicted octanol–water partition coefficient (Wildman–Crippen LogP) is 4.09. The number of likely N-dealkylation sites (tertiary alicyclic amines) is 1. The molecular weight excluding hydrogens is 420 g/mol. The average molecular weight is 447 g/mol. The van der Waals surface area contributed by atoms with E-state index >= 15 is 0 Å². The molecule has 0 radical (unpaired) electrons. The molecule has 6 nitrogen and oxygen atoms in total. The molecular formula is C22H27ClN4O2S. The van der Waals surface area contributed by atoms with Crippen molar-refractivity contribution in [2.45, 2.75) is 36.7 Å². The first-order valence-corrected chi connectivity index (χ1v) is 11.4. The summed E-state index contributed by atoms with van der Waals surface area (Å²) >= 11 is 7.45. The molecule has 0 aliphatic carbocycles. The minimum absolute atomic E-state index is 0.154. The molecule has 3 amide bonds. The van der Waals surface area contributed by atoms with Gasteiger partial charge >= 0.3 is 6.03 Å². The fourth-order valence-corrected chi connectivity index (χ4v) is 4.48. The van der Waals surface area contributed by atoms with E-state index in [2.05, 4.69) is 27.7 Å². The number of carbonyl (C=O) groups excluding carboxylic acids is 2. The number of thioether (sulfide) groups is 1. The van der Waals surface area contributed by atoms with E-state index in [0.29, 0.717) is 12.2 Å². The zero-order valence-electron chi connectivity index (χ0n) is 16.8. The molecule has 0 saturated carbocycles. The summed E-state index contributed by atoms with van der Waals surface area (Å²) in [6.45, 7) is 2.77. The number of hydrogen-bond donors (Lipinski definition) is 3. The number of carbonyl (C=O) groups is 2. The van der Waals surface area contributed by atoms with E-state index in [1.807, 2.05) is 36.4 Å². The largest absolute Gasteiger partial charge is 0.370 e. The number of piperidine rings is 1. The number of nitrogens with zero attached hydrogens (tertiary/aromatic N) is 1. The van der Waals surface area contributed by atoms with Crippen molar-refractivity contribution in [1.82, 2.24) is 10.2 Å². The van der Waals surface area contributed by atoms with Crippen molar-refractivity contribution in [1.29, 1.82) is 0 Å². The third kappa shape index (κ3) is 7.23. The fraction of sp³-hybridized carbons (Fsp3) is 0.364. The maximum atomic E-state index is 12.5. The van der Waals surface area contributed by atoms with Crippen molar-refractivity contribution < 1.29 is 9.59 Å². The van der Waals surface area contributed by atoms with Crippen LogP contribution in [0.3, 0.4) is 0 Å². The number of halogens is 1. The number of para-hydroxylation sites is 1. The third-order valence-electron chi connectivity index (χ3n) is 4.98. The van der Waals surface area contributed by atoms with Gasteiger partial charge in [0.2, 0.25) is 5.91 Å². The molecule has 0 spiro atoms. The highest BCUT2D eigenvalue weighted by atomic mass is 35.5. The van der Waals surface area contributed by atoms with Crippen LogP contribution in [0.4, 0.5) is 10.5 Å². The number of primary amides is 1. The van der Waals surface area contributed by atoms with Crippen LogP contribution < -0.4 is 16.4 Å². The zero-order valence-corrected chi connectivity index (χ0v) is 18.3. The van der Waals surface area contributed by atoms with Crippen LogP contribution >= 0.6 is 23.4 Å². The van der Waals surface area contributed by atoms with E-state index in [1.54, 1.807) is 0 Å². The van der Waals surface area contributed by atoms with Gasteiger partial charge in [0.05, 0.1) is 5.69 Å². The second-order valence-corrected chi connectivity index (χ2v) is 8.91. The number of rotatable bonds is 8. The van der Waals surface area contributed by atoms with E-state index < -0.39 is 0 Å². The number of benzene rings is 2. The van der Waals surface area contributed by atoms with Gasteiger partial charge in [0.1, 0.15) is 0 Å². The lowest BCUT2D eigenvalue weighted by molar-refractivity contribution is -0.117. The Hall–Kier alpha value is -2.22. The van der Waals surface area contributed by atoms with E-state index in [1.165, 1.54) is 17.3 Å². The lowest BCUT2D eigenvalue weighted by Crippen LogP contribution is -2.45. The molecule has 4 N–H and O–H groups in total. The Morgan fingerprint density at radius 2 is 1.80 bits per heavy atom. The van der Waals surface area contributed by atoms with Crippen LogP contribution in [0.5, 0.6) is 0 Å². The lowest BCUT2D eigenvalue weighted by Gasteiger charge is -2.32. The van der Waals surface area contributed by atoms with Crippen molar-refractivity contribution in [3.05, 3.63) is 59.1 Å². The molecule has 3 rings (SSSR count). The van der Waals surface area contributed by atoms with Gasteiger partial charge in [-0.3, -0.25) is 9.69 Å². The minimum Gasteiger partial charge on any atom is -0.370 e. The smallest absolute Gasteiger partial charge is 0.319 e. The molecule has 160 valence electrons. The number of hydrogen-bond acceptors (Lipinski definition) is 4. The van der Waals surface area contributed by atoms with Crippen molar-refractivity contribution in [2.24, 2.45) is 5.73 Å². The summed E-state index contributed by atoms with van der Waals surface area (Å²) in [5, 5.41) is 6.77. The summed E-state index contributed by atoms with van der Waals surface area (Å²) in [5.74, 6) is 0.259. The van der Waals surface area contributed by atoms with Crippen molar-refractivity contribution in [2.75, 3.05) is 24.2 Å². The summed E-state index contributed by atoms with van der Waals surface area (Å²) in [7, 11) is 0. The van der Waals surface area contributed by atoms with E-state index in [9.17, 15) is 9.59 Å². The van der Waals surface area contributed by atoms with Crippen LogP contribution in [0.2, 0.25) is 5.02 Å². The summed E-state index contributed by atoms with van der Waals surface area (Å²) in [6.07, 6.45) is 2.13. The van der Waals surface area contributed by atoms with Gasteiger partial charge in [-0.15, -0.1) is 11.8 Å². The number of urea groups is 1. The molecule has 0 aromatic heterocycles. The SMILES string of the molecule is NC(=O)CCSc1ccccc1NC(=O)NC1CCN(Cc2ccc(Cl)cc2)CC1. The topological polar surface area (TPSA) is 87.5 Å². The van der Waals surface area contributed by atoms with Crippen LogP contribution in [0.15, 0.2) is 53.4 Å². The molecule has 8 heteroatoms. The summed E-state index contributed by atoms with van der Waals surface area (Å²) in [6, 6.07) is 15.5. The van der Waals surface area contributed by atoms with E-state index in [0.717, 1.165) is 48.1 Å². The molecule has 1 saturated heterocycles. The van der Waals surface area contributed by atoms with Gasteiger partial charge in [0, 0.05) is 47.8 Å². The molecule has 0 bridgehead atoms. The number of amides is 3. The van der Waals surface area contributed by atoms with Gasteiger partial charge in [0.25, 0.3) is 0 Å². The minimum atomic E-state index is -0.326. The number of nitrogens with one attached hydrogen (secondary N) is 2. The molecule has 1 aliphatic rings. The van der Waals surface area contributed by atoms with Crippen LogP contribution in [0.25, 0.3) is 0 Å². The molecule has 30 heavy (non-hydrogen) atoms. The van der Waals surface area contributed by atoms with Crippen LogP contribution in [-0.2, 0) is 11.3 Å². The normalized spacial score (nSPS) is 15.0. The standard InChI is InChI=1S/C22H27ClN4O2S/c23-17-7-5-16(6-8-17)15-27-12-9-18(10-13-27)25-22(29)26-19-3-1-2-4-20(19)30-14-11-21(24)28/h1-8,18H,9-15H2,(H2,24,28)(H2,25,26,29). The van der Waals surface area contributed by atoms with E-state index in [-0.39, 0.29) is 18.0 Å². The van der Waals surface area contributed by atoms with Crippen LogP contribution in [-0.4, -0.2) is 41.7 Å². The second-order valence-electron chi connectivity index (χ2n) is 7.34. The maximum Gasteiger partial charge on any atom is 0.319 e. The van der Waals surface area contributed by atoms with Gasteiger partial charge in [-0.2, -0.15) is 0 Å². The molecule has 1 heterocycles.